The summed E-state index contributed by atoms with van der Waals surface area (Å²) in [6, 6.07) is 9.69. The maximum atomic E-state index is 2.64. The van der Waals surface area contributed by atoms with Crippen molar-refractivity contribution in [2.45, 2.75) is 31.7 Å². The number of fused-ring (bicyclic) bond motifs is 3. The molecule has 2 nitrogen and oxygen atoms in total. The molecule has 1 fully saturated rings. The van der Waals surface area contributed by atoms with Crippen molar-refractivity contribution in [3.8, 4) is 0 Å². The molecule has 2 heterocycles. The maximum Gasteiger partial charge on any atom is 0.0403 e. The molecule has 2 atom stereocenters. The summed E-state index contributed by atoms with van der Waals surface area (Å²) in [7, 11) is 2.26. The molecular formula is C15H22N2. The Balaban J connectivity index is 1.87. The van der Waals surface area contributed by atoms with Crippen LogP contribution in [0.3, 0.4) is 0 Å². The number of rotatable bonds is 2. The van der Waals surface area contributed by atoms with E-state index in [1.165, 1.54) is 38.2 Å². The van der Waals surface area contributed by atoms with Gasteiger partial charge in [0.25, 0.3) is 0 Å². The summed E-state index contributed by atoms with van der Waals surface area (Å²) < 4.78 is 0. The summed E-state index contributed by atoms with van der Waals surface area (Å²) in [5.41, 5.74) is 3.03. The lowest BCUT2D eigenvalue weighted by molar-refractivity contribution is 0.195. The van der Waals surface area contributed by atoms with Crippen molar-refractivity contribution in [3.05, 3.63) is 29.8 Å². The summed E-state index contributed by atoms with van der Waals surface area (Å²) in [4.78, 5) is 5.14. The Hall–Kier alpha value is -1.02. The molecule has 0 bridgehead atoms. The van der Waals surface area contributed by atoms with Crippen LogP contribution in [0.25, 0.3) is 0 Å². The lowest BCUT2D eigenvalue weighted by Crippen LogP contribution is -2.45. The Morgan fingerprint density at radius 1 is 1.29 bits per heavy atom. The number of hydrogen-bond acceptors (Lipinski definition) is 2. The molecule has 0 N–H and O–H groups in total. The highest BCUT2D eigenvalue weighted by molar-refractivity contribution is 5.61. The molecule has 2 aliphatic rings. The zero-order chi connectivity index (χ0) is 11.8. The second-order valence-electron chi connectivity index (χ2n) is 5.43. The van der Waals surface area contributed by atoms with Crippen LogP contribution in [0.1, 0.15) is 31.2 Å². The molecule has 2 heteroatoms. The number of piperidine rings is 1. The first-order chi connectivity index (χ1) is 8.31. The van der Waals surface area contributed by atoms with Crippen molar-refractivity contribution in [2.75, 3.05) is 31.6 Å². The van der Waals surface area contributed by atoms with E-state index in [1.807, 2.05) is 0 Å². The van der Waals surface area contributed by atoms with Crippen LogP contribution in [0.4, 0.5) is 5.69 Å². The van der Waals surface area contributed by atoms with E-state index in [2.05, 4.69) is 48.0 Å². The van der Waals surface area contributed by atoms with E-state index in [0.717, 1.165) is 12.0 Å². The second kappa shape index (κ2) is 4.34. The number of likely N-dealkylation sites (tertiary alicyclic amines) is 1. The van der Waals surface area contributed by atoms with Gasteiger partial charge in [-0.2, -0.15) is 0 Å². The minimum absolute atomic E-state index is 0.733. The number of benzene rings is 1. The smallest absolute Gasteiger partial charge is 0.0403 e. The van der Waals surface area contributed by atoms with Crippen LogP contribution in [0.15, 0.2) is 24.3 Å². The highest BCUT2D eigenvalue weighted by Crippen LogP contribution is 2.43. The molecule has 3 rings (SSSR count). The molecule has 1 aromatic carbocycles. The second-order valence-corrected chi connectivity index (χ2v) is 5.43. The molecule has 17 heavy (non-hydrogen) atoms. The summed E-state index contributed by atoms with van der Waals surface area (Å²) >= 11 is 0. The number of hydrogen-bond donors (Lipinski definition) is 0. The fourth-order valence-electron chi connectivity index (χ4n) is 3.60. The summed E-state index contributed by atoms with van der Waals surface area (Å²) in [5, 5.41) is 0. The molecular weight excluding hydrogens is 208 g/mol. The van der Waals surface area contributed by atoms with Gasteiger partial charge in [-0.25, -0.2) is 0 Å². The fraction of sp³-hybridized carbons (Fsp3) is 0.600. The first kappa shape index (κ1) is 11.1. The van der Waals surface area contributed by atoms with Gasteiger partial charge in [-0.3, -0.25) is 0 Å². The van der Waals surface area contributed by atoms with Crippen molar-refractivity contribution in [1.82, 2.24) is 4.90 Å². The molecule has 92 valence electrons. The molecule has 0 radical (unpaired) electrons. The predicted octanol–water partition coefficient (Wildman–Crippen LogP) is 2.70. The first-order valence-electron chi connectivity index (χ1n) is 6.85. The highest BCUT2D eigenvalue weighted by Gasteiger charge is 2.39. The molecule has 2 aliphatic heterocycles. The largest absolute Gasteiger partial charge is 0.371 e. The Labute approximate surface area is 104 Å². The van der Waals surface area contributed by atoms with Gasteiger partial charge in [0.05, 0.1) is 0 Å². The Morgan fingerprint density at radius 2 is 2.12 bits per heavy atom. The van der Waals surface area contributed by atoms with Gasteiger partial charge in [-0.05, 0) is 31.0 Å². The number of para-hydroxylation sites is 1. The Kier molecular flexibility index (Phi) is 2.83. The molecule has 1 saturated heterocycles. The van der Waals surface area contributed by atoms with Crippen molar-refractivity contribution in [3.63, 3.8) is 0 Å². The molecule has 0 aliphatic carbocycles. The van der Waals surface area contributed by atoms with Gasteiger partial charge in [0, 0.05) is 37.8 Å². The van der Waals surface area contributed by atoms with Crippen molar-refractivity contribution in [1.29, 1.82) is 0 Å². The molecule has 0 aromatic heterocycles. The van der Waals surface area contributed by atoms with Crippen LogP contribution in [0.5, 0.6) is 0 Å². The Morgan fingerprint density at radius 3 is 2.94 bits per heavy atom. The number of likely N-dealkylation sites (N-methyl/N-ethyl adjacent to an activating group) is 1. The van der Waals surface area contributed by atoms with Crippen molar-refractivity contribution < 1.29 is 0 Å². The zero-order valence-corrected chi connectivity index (χ0v) is 10.9. The van der Waals surface area contributed by atoms with Crippen LogP contribution in [-0.4, -0.2) is 37.6 Å². The van der Waals surface area contributed by atoms with Crippen LogP contribution < -0.4 is 4.90 Å². The Bertz CT molecular complexity index is 402. The highest BCUT2D eigenvalue weighted by atomic mass is 15.2. The van der Waals surface area contributed by atoms with Gasteiger partial charge in [-0.15, -0.1) is 0 Å². The maximum absolute atomic E-state index is 2.64. The third-order valence-electron chi connectivity index (χ3n) is 4.41. The molecule has 0 saturated carbocycles. The molecule has 2 unspecified atom stereocenters. The van der Waals surface area contributed by atoms with Crippen LogP contribution in [0, 0.1) is 0 Å². The van der Waals surface area contributed by atoms with Gasteiger partial charge in [-0.1, -0.05) is 25.1 Å². The zero-order valence-electron chi connectivity index (χ0n) is 10.9. The van der Waals surface area contributed by atoms with Gasteiger partial charge in [0.2, 0.25) is 0 Å². The van der Waals surface area contributed by atoms with Crippen LogP contribution in [0.2, 0.25) is 0 Å². The van der Waals surface area contributed by atoms with Gasteiger partial charge < -0.3 is 9.80 Å². The lowest BCUT2D eigenvalue weighted by Gasteiger charge is -2.37. The first-order valence-corrected chi connectivity index (χ1v) is 6.85. The van der Waals surface area contributed by atoms with Crippen molar-refractivity contribution >= 4 is 5.69 Å². The molecule has 0 amide bonds. The number of nitrogens with zero attached hydrogens (tertiary/aromatic N) is 2. The fourth-order valence-corrected chi connectivity index (χ4v) is 3.60. The van der Waals surface area contributed by atoms with Crippen LogP contribution >= 0.6 is 0 Å². The third-order valence-corrected chi connectivity index (χ3v) is 4.41. The molecule has 1 aromatic rings. The predicted molar refractivity (Wildman–Crippen MR) is 72.7 cm³/mol. The summed E-state index contributed by atoms with van der Waals surface area (Å²) in [6.45, 7) is 6.06. The van der Waals surface area contributed by atoms with E-state index in [1.54, 1.807) is 5.56 Å². The van der Waals surface area contributed by atoms with E-state index in [-0.39, 0.29) is 0 Å². The van der Waals surface area contributed by atoms with Gasteiger partial charge >= 0.3 is 0 Å². The average Bonchev–Trinajstić information content (AvgIpc) is 2.65. The van der Waals surface area contributed by atoms with E-state index in [4.69, 9.17) is 0 Å². The topological polar surface area (TPSA) is 6.48 Å². The van der Waals surface area contributed by atoms with E-state index >= 15 is 0 Å². The van der Waals surface area contributed by atoms with E-state index in [0.29, 0.717) is 0 Å². The van der Waals surface area contributed by atoms with E-state index < -0.39 is 0 Å². The summed E-state index contributed by atoms with van der Waals surface area (Å²) in [5.74, 6) is 0.733. The van der Waals surface area contributed by atoms with E-state index in [9.17, 15) is 0 Å². The normalized spacial score (nSPS) is 28.0. The third kappa shape index (κ3) is 1.75. The minimum Gasteiger partial charge on any atom is -0.371 e. The van der Waals surface area contributed by atoms with Gasteiger partial charge in [0.15, 0.2) is 0 Å². The number of anilines is 1. The monoisotopic (exact) mass is 230 g/mol. The standard InChI is InChI=1S/C15H22N2/c1-3-9-17-10-8-15-13(11-17)12-6-4-5-7-14(12)16(15)2/h4-7,13,15H,3,8-11H2,1-2H3. The lowest BCUT2D eigenvalue weighted by atomic mass is 9.89. The quantitative estimate of drug-likeness (QED) is 0.771. The summed E-state index contributed by atoms with van der Waals surface area (Å²) in [6.07, 6.45) is 2.59. The van der Waals surface area contributed by atoms with Crippen molar-refractivity contribution in [2.24, 2.45) is 0 Å². The SMILES string of the molecule is CCCN1CCC2C(C1)c1ccccc1N2C. The average molecular weight is 230 g/mol. The minimum atomic E-state index is 0.733. The van der Waals surface area contributed by atoms with Gasteiger partial charge in [0.1, 0.15) is 0 Å². The molecule has 0 spiro atoms. The van der Waals surface area contributed by atoms with Crippen LogP contribution in [-0.2, 0) is 0 Å².